The second-order valence-electron chi connectivity index (χ2n) is 8.50. The van der Waals surface area contributed by atoms with E-state index in [-0.39, 0.29) is 11.7 Å². The van der Waals surface area contributed by atoms with Crippen LogP contribution in [0.15, 0.2) is 48.8 Å². The number of halogens is 3. The zero-order valence-electron chi connectivity index (χ0n) is 17.9. The van der Waals surface area contributed by atoms with Gasteiger partial charge in [-0.15, -0.1) is 0 Å². The van der Waals surface area contributed by atoms with E-state index in [1.807, 2.05) is 4.90 Å². The molecule has 2 aromatic carbocycles. The maximum Gasteiger partial charge on any atom is 0.194 e. The molecule has 6 nitrogen and oxygen atoms in total. The molecule has 3 aromatic rings. The number of aliphatic hydroxyl groups excluding tert-OH is 1. The molecule has 5 rings (SSSR count). The van der Waals surface area contributed by atoms with Crippen molar-refractivity contribution in [1.29, 1.82) is 0 Å². The number of nitrogens with one attached hydrogen (secondary N) is 1. The molecular weight excluding hydrogens is 431 g/mol. The van der Waals surface area contributed by atoms with E-state index in [9.17, 15) is 18.3 Å². The predicted octanol–water partition coefficient (Wildman–Crippen LogP) is 3.64. The first-order valence-corrected chi connectivity index (χ1v) is 11.0. The van der Waals surface area contributed by atoms with Crippen molar-refractivity contribution in [1.82, 2.24) is 14.9 Å². The first-order valence-electron chi connectivity index (χ1n) is 11.0. The molecule has 9 heteroatoms. The molecule has 1 saturated heterocycles. The Bertz CT molecular complexity index is 1140. The van der Waals surface area contributed by atoms with E-state index >= 15 is 0 Å². The maximum atomic E-state index is 13.5. The van der Waals surface area contributed by atoms with Crippen molar-refractivity contribution in [2.75, 3.05) is 29.9 Å². The molecular formula is C24H24F3N5O. The van der Waals surface area contributed by atoms with Crippen LogP contribution >= 0.6 is 0 Å². The Kier molecular flexibility index (Phi) is 5.90. The summed E-state index contributed by atoms with van der Waals surface area (Å²) in [4.78, 5) is 12.7. The van der Waals surface area contributed by atoms with Crippen LogP contribution in [-0.2, 0) is 13.0 Å². The summed E-state index contributed by atoms with van der Waals surface area (Å²) in [6.07, 6.45) is 2.56. The highest BCUT2D eigenvalue weighted by Gasteiger charge is 2.34. The number of aliphatic hydroxyl groups is 1. The third-order valence-corrected chi connectivity index (χ3v) is 6.41. The number of piperidine rings is 1. The predicted molar refractivity (Wildman–Crippen MR) is 119 cm³/mol. The summed E-state index contributed by atoms with van der Waals surface area (Å²) < 4.78 is 40.2. The van der Waals surface area contributed by atoms with Gasteiger partial charge in [-0.25, -0.2) is 23.1 Å². The number of nitrogens with zero attached hydrogens (tertiary/aromatic N) is 4. The average Bonchev–Trinajstić information content (AvgIpc) is 2.82. The van der Waals surface area contributed by atoms with Crippen molar-refractivity contribution in [3.05, 3.63) is 77.4 Å². The van der Waals surface area contributed by atoms with Crippen molar-refractivity contribution in [2.24, 2.45) is 0 Å². The second-order valence-corrected chi connectivity index (χ2v) is 8.50. The lowest BCUT2D eigenvalue weighted by molar-refractivity contribution is 0.0293. The topological polar surface area (TPSA) is 64.5 Å². The van der Waals surface area contributed by atoms with Gasteiger partial charge in [-0.2, -0.15) is 0 Å². The van der Waals surface area contributed by atoms with Crippen molar-refractivity contribution in [3.63, 3.8) is 0 Å². The van der Waals surface area contributed by atoms with Crippen LogP contribution in [0.5, 0.6) is 0 Å². The molecule has 0 spiro atoms. The molecule has 2 aliphatic heterocycles. The van der Waals surface area contributed by atoms with E-state index in [0.717, 1.165) is 38.1 Å². The molecule has 2 atom stereocenters. The Morgan fingerprint density at radius 3 is 2.48 bits per heavy atom. The fourth-order valence-corrected chi connectivity index (χ4v) is 4.72. The number of benzene rings is 2. The van der Waals surface area contributed by atoms with Gasteiger partial charge in [0.1, 0.15) is 18.0 Å². The quantitative estimate of drug-likeness (QED) is 0.586. The lowest BCUT2D eigenvalue weighted by atomic mass is 9.94. The lowest BCUT2D eigenvalue weighted by Crippen LogP contribution is -2.55. The van der Waals surface area contributed by atoms with Gasteiger partial charge in [-0.05, 0) is 24.0 Å². The number of hydrogen-bond donors (Lipinski definition) is 2. The van der Waals surface area contributed by atoms with E-state index in [1.54, 1.807) is 6.07 Å². The minimum Gasteiger partial charge on any atom is -0.390 e. The SMILES string of the molecule is OC1CN(c2cc(Nc3cc(F)c(F)c(F)c3)ncn2)CCC1N1CCc2ccccc2C1. The Labute approximate surface area is 189 Å². The highest BCUT2D eigenvalue weighted by Crippen LogP contribution is 2.28. The van der Waals surface area contributed by atoms with Gasteiger partial charge in [0.05, 0.1) is 6.10 Å². The van der Waals surface area contributed by atoms with Gasteiger partial charge in [-0.1, -0.05) is 24.3 Å². The normalized spacial score (nSPS) is 21.0. The zero-order valence-corrected chi connectivity index (χ0v) is 17.9. The van der Waals surface area contributed by atoms with Crippen molar-refractivity contribution >= 4 is 17.3 Å². The molecule has 33 heavy (non-hydrogen) atoms. The lowest BCUT2D eigenvalue weighted by Gasteiger charge is -2.43. The molecule has 0 aliphatic carbocycles. The van der Waals surface area contributed by atoms with Gasteiger partial charge in [0.25, 0.3) is 0 Å². The van der Waals surface area contributed by atoms with Gasteiger partial charge in [0.2, 0.25) is 0 Å². The molecule has 0 bridgehead atoms. The molecule has 2 unspecified atom stereocenters. The number of aromatic nitrogens is 2. The minimum atomic E-state index is -1.52. The van der Waals surface area contributed by atoms with E-state index in [4.69, 9.17) is 0 Å². The van der Waals surface area contributed by atoms with Crippen molar-refractivity contribution in [3.8, 4) is 0 Å². The molecule has 2 aliphatic rings. The van der Waals surface area contributed by atoms with Crippen LogP contribution in [0.4, 0.5) is 30.5 Å². The number of rotatable bonds is 4. The first kappa shape index (κ1) is 21.7. The fourth-order valence-electron chi connectivity index (χ4n) is 4.72. The van der Waals surface area contributed by atoms with Crippen molar-refractivity contribution < 1.29 is 18.3 Å². The molecule has 172 valence electrons. The molecule has 3 heterocycles. The van der Waals surface area contributed by atoms with Gasteiger partial charge in [0, 0.05) is 56.1 Å². The maximum absolute atomic E-state index is 13.5. The number of β-amino-alcohol motifs (C(OH)–C–C–N with tert-alkyl or cyclic N) is 1. The molecule has 2 N–H and O–H groups in total. The van der Waals surface area contributed by atoms with E-state index in [0.29, 0.717) is 24.7 Å². The third kappa shape index (κ3) is 4.51. The Morgan fingerprint density at radius 1 is 0.970 bits per heavy atom. The van der Waals surface area contributed by atoms with Crippen LogP contribution in [0.1, 0.15) is 17.5 Å². The zero-order chi connectivity index (χ0) is 22.9. The first-order chi connectivity index (χ1) is 16.0. The standard InChI is InChI=1S/C24H24F3N5O/c25-18-9-17(10-19(26)24(18)27)30-22-11-23(29-14-28-22)32-8-6-20(21(33)13-32)31-7-5-15-3-1-2-4-16(15)12-31/h1-4,9-11,14,20-21,33H,5-8,12-13H2,(H,28,29,30). The van der Waals surface area contributed by atoms with Gasteiger partial charge >= 0.3 is 0 Å². The summed E-state index contributed by atoms with van der Waals surface area (Å²) in [5.41, 5.74) is 2.74. The summed E-state index contributed by atoms with van der Waals surface area (Å²) in [7, 11) is 0. The molecule has 1 fully saturated rings. The van der Waals surface area contributed by atoms with Gasteiger partial charge < -0.3 is 15.3 Å². The molecule has 0 saturated carbocycles. The number of anilines is 3. The van der Waals surface area contributed by atoms with E-state index in [1.165, 1.54) is 17.5 Å². The highest BCUT2D eigenvalue weighted by atomic mass is 19.2. The molecule has 1 aromatic heterocycles. The summed E-state index contributed by atoms with van der Waals surface area (Å²) in [6.45, 7) is 2.88. The Morgan fingerprint density at radius 2 is 1.73 bits per heavy atom. The monoisotopic (exact) mass is 455 g/mol. The number of fused-ring (bicyclic) bond motifs is 1. The summed E-state index contributed by atoms with van der Waals surface area (Å²) in [6, 6.07) is 11.9. The summed E-state index contributed by atoms with van der Waals surface area (Å²) >= 11 is 0. The average molecular weight is 455 g/mol. The van der Waals surface area contributed by atoms with Crippen LogP contribution in [0.3, 0.4) is 0 Å². The molecule has 0 amide bonds. The second kappa shape index (κ2) is 8.99. The molecule has 0 radical (unpaired) electrons. The highest BCUT2D eigenvalue weighted by molar-refractivity contribution is 5.59. The Hall–Kier alpha value is -3.17. The smallest absolute Gasteiger partial charge is 0.194 e. The van der Waals surface area contributed by atoms with Crippen LogP contribution in [-0.4, -0.2) is 51.8 Å². The largest absolute Gasteiger partial charge is 0.390 e. The summed E-state index contributed by atoms with van der Waals surface area (Å²) in [5, 5.41) is 13.7. The van der Waals surface area contributed by atoms with E-state index < -0.39 is 23.6 Å². The summed E-state index contributed by atoms with van der Waals surface area (Å²) in [5.74, 6) is -3.17. The van der Waals surface area contributed by atoms with Crippen LogP contribution in [0.25, 0.3) is 0 Å². The minimum absolute atomic E-state index is 0.0418. The van der Waals surface area contributed by atoms with Crippen LogP contribution < -0.4 is 10.2 Å². The number of hydrogen-bond acceptors (Lipinski definition) is 6. The van der Waals surface area contributed by atoms with E-state index in [2.05, 4.69) is 44.5 Å². The van der Waals surface area contributed by atoms with Gasteiger partial charge in [0.15, 0.2) is 17.5 Å². The van der Waals surface area contributed by atoms with Crippen molar-refractivity contribution in [2.45, 2.75) is 31.5 Å². The van der Waals surface area contributed by atoms with Gasteiger partial charge in [-0.3, -0.25) is 4.90 Å². The van der Waals surface area contributed by atoms with Crippen LogP contribution in [0, 0.1) is 17.5 Å². The Balaban J connectivity index is 1.25. The fraction of sp³-hybridized carbons (Fsp3) is 0.333. The third-order valence-electron chi connectivity index (χ3n) is 6.41. The van der Waals surface area contributed by atoms with Crippen LogP contribution in [0.2, 0.25) is 0 Å².